The van der Waals surface area contributed by atoms with Crippen LogP contribution in [0.5, 0.6) is 0 Å². The van der Waals surface area contributed by atoms with Gasteiger partial charge in [0.05, 0.1) is 5.16 Å². The molecule has 0 saturated carbocycles. The molecule has 0 radical (unpaired) electrons. The van der Waals surface area contributed by atoms with Crippen LogP contribution in [0.15, 0.2) is 0 Å². The zero-order valence-electron chi connectivity index (χ0n) is 29.3. The molecule has 0 aliphatic heterocycles. The van der Waals surface area contributed by atoms with Crippen molar-refractivity contribution in [2.75, 3.05) is 0 Å². The minimum Gasteiger partial charge on any atom is -0.324 e. The predicted octanol–water partition coefficient (Wildman–Crippen LogP) is 14.2. The zero-order chi connectivity index (χ0) is 31.0. The predicted molar refractivity (Wildman–Crippen MR) is 189 cm³/mol. The lowest BCUT2D eigenvalue weighted by Crippen LogP contribution is -2.19. The number of hydrogen-bond acceptors (Lipinski definition) is 1. The Kier molecular flexibility index (Phi) is 31.3. The van der Waals surface area contributed by atoms with Gasteiger partial charge in [-0.1, -0.05) is 219 Å². The molecule has 2 N–H and O–H groups in total. The van der Waals surface area contributed by atoms with Gasteiger partial charge in [-0.2, -0.15) is 0 Å². The van der Waals surface area contributed by atoms with Gasteiger partial charge in [-0.05, 0) is 20.3 Å². The van der Waals surface area contributed by atoms with Crippen LogP contribution in [0.3, 0.4) is 0 Å². The van der Waals surface area contributed by atoms with E-state index in [1.165, 1.54) is 199 Å². The summed E-state index contributed by atoms with van der Waals surface area (Å²) in [6, 6.07) is 0. The first kappa shape index (κ1) is 42.1. The van der Waals surface area contributed by atoms with Crippen molar-refractivity contribution in [2.24, 2.45) is 0 Å². The standard InChI is InChI=1S/C38H79O3P/c1-4-5-6-7-8-9-10-11-12-13-14-15-16-17-18-19-20-21-22-23-24-25-26-27-28-29-30-31-32-33-34-35-36-37-38(2,3)42(39,40)41/h4-37H2,1-3H3,(H2,39,40,41). The molecular weight excluding hydrogens is 535 g/mol. The molecule has 0 aromatic rings. The summed E-state index contributed by atoms with van der Waals surface area (Å²) >= 11 is 0. The van der Waals surface area contributed by atoms with Crippen LogP contribution in [0.4, 0.5) is 0 Å². The summed E-state index contributed by atoms with van der Waals surface area (Å²) in [4.78, 5) is 18.8. The van der Waals surface area contributed by atoms with E-state index >= 15 is 0 Å². The maximum atomic E-state index is 11.5. The third kappa shape index (κ3) is 30.2. The van der Waals surface area contributed by atoms with E-state index in [2.05, 4.69) is 6.92 Å². The van der Waals surface area contributed by atoms with Gasteiger partial charge in [0, 0.05) is 0 Å². The monoisotopic (exact) mass is 615 g/mol. The maximum absolute atomic E-state index is 11.5. The molecule has 0 amide bonds. The van der Waals surface area contributed by atoms with Gasteiger partial charge < -0.3 is 9.79 Å². The van der Waals surface area contributed by atoms with Gasteiger partial charge in [0.1, 0.15) is 0 Å². The van der Waals surface area contributed by atoms with Gasteiger partial charge in [-0.15, -0.1) is 0 Å². The van der Waals surface area contributed by atoms with Crippen molar-refractivity contribution < 1.29 is 14.4 Å². The molecule has 254 valence electrons. The fourth-order valence-electron chi connectivity index (χ4n) is 6.26. The third-order valence-electron chi connectivity index (χ3n) is 9.68. The molecule has 0 bridgehead atoms. The van der Waals surface area contributed by atoms with Crippen LogP contribution in [0, 0.1) is 0 Å². The Balaban J connectivity index is 3.12. The van der Waals surface area contributed by atoms with Crippen molar-refractivity contribution >= 4 is 7.60 Å². The van der Waals surface area contributed by atoms with E-state index in [1.54, 1.807) is 13.8 Å². The van der Waals surface area contributed by atoms with Gasteiger partial charge in [0.15, 0.2) is 0 Å². The summed E-state index contributed by atoms with van der Waals surface area (Å²) in [5.74, 6) is 0. The van der Waals surface area contributed by atoms with E-state index in [0.29, 0.717) is 6.42 Å². The average Bonchev–Trinajstić information content (AvgIpc) is 2.95. The van der Waals surface area contributed by atoms with Crippen LogP contribution >= 0.6 is 7.60 Å². The fourth-order valence-corrected chi connectivity index (χ4v) is 6.71. The van der Waals surface area contributed by atoms with Crippen molar-refractivity contribution in [3.8, 4) is 0 Å². The summed E-state index contributed by atoms with van der Waals surface area (Å²) in [5.41, 5.74) is 0. The van der Waals surface area contributed by atoms with Gasteiger partial charge >= 0.3 is 7.60 Å². The van der Waals surface area contributed by atoms with E-state index in [4.69, 9.17) is 0 Å². The molecule has 4 heteroatoms. The summed E-state index contributed by atoms with van der Waals surface area (Å²) in [6.45, 7) is 5.68. The molecule has 0 aliphatic carbocycles. The molecule has 0 unspecified atom stereocenters. The highest BCUT2D eigenvalue weighted by Crippen LogP contribution is 2.52. The largest absolute Gasteiger partial charge is 0.331 e. The van der Waals surface area contributed by atoms with Crippen LogP contribution in [-0.2, 0) is 4.57 Å². The first-order valence-corrected chi connectivity index (χ1v) is 21.0. The molecule has 0 heterocycles. The van der Waals surface area contributed by atoms with E-state index in [-0.39, 0.29) is 0 Å². The normalized spacial score (nSPS) is 12.4. The van der Waals surface area contributed by atoms with Crippen LogP contribution < -0.4 is 0 Å². The molecule has 0 aromatic heterocycles. The van der Waals surface area contributed by atoms with Gasteiger partial charge in [0.25, 0.3) is 0 Å². The smallest absolute Gasteiger partial charge is 0.324 e. The Morgan fingerprint density at radius 3 is 0.690 bits per heavy atom. The molecule has 0 saturated heterocycles. The molecule has 0 atom stereocenters. The van der Waals surface area contributed by atoms with Gasteiger partial charge in [-0.25, -0.2) is 0 Å². The van der Waals surface area contributed by atoms with Crippen molar-refractivity contribution in [3.63, 3.8) is 0 Å². The summed E-state index contributed by atoms with van der Waals surface area (Å²) in [7, 11) is -3.97. The first-order chi connectivity index (χ1) is 20.3. The van der Waals surface area contributed by atoms with Gasteiger partial charge in [-0.3, -0.25) is 4.57 Å². The van der Waals surface area contributed by atoms with Crippen molar-refractivity contribution in [3.05, 3.63) is 0 Å². The van der Waals surface area contributed by atoms with Crippen LogP contribution in [0.2, 0.25) is 0 Å². The van der Waals surface area contributed by atoms with Crippen molar-refractivity contribution in [1.29, 1.82) is 0 Å². The number of hydrogen-bond donors (Lipinski definition) is 2. The Morgan fingerprint density at radius 1 is 0.357 bits per heavy atom. The van der Waals surface area contributed by atoms with Crippen LogP contribution in [-0.4, -0.2) is 14.9 Å². The molecule has 42 heavy (non-hydrogen) atoms. The van der Waals surface area contributed by atoms with Crippen molar-refractivity contribution in [2.45, 2.75) is 244 Å². The molecule has 0 rings (SSSR count). The Morgan fingerprint density at radius 2 is 0.524 bits per heavy atom. The second kappa shape index (κ2) is 31.1. The number of rotatable bonds is 35. The van der Waals surface area contributed by atoms with E-state index in [1.807, 2.05) is 0 Å². The fraction of sp³-hybridized carbons (Fsp3) is 1.00. The Bertz CT molecular complexity index is 571. The highest BCUT2D eigenvalue weighted by molar-refractivity contribution is 7.53. The maximum Gasteiger partial charge on any atom is 0.331 e. The highest BCUT2D eigenvalue weighted by Gasteiger charge is 2.36. The Hall–Kier alpha value is 0.150. The SMILES string of the molecule is CCCCCCCCCCCCCCCCCCCCCCCCCCCCCCCCCCCC(C)(C)P(=O)(O)O. The van der Waals surface area contributed by atoms with Crippen LogP contribution in [0.25, 0.3) is 0 Å². The molecule has 0 fully saturated rings. The topological polar surface area (TPSA) is 57.5 Å². The molecule has 0 aromatic carbocycles. The summed E-state index contributed by atoms with van der Waals surface area (Å²) < 4.78 is 11.5. The van der Waals surface area contributed by atoms with Gasteiger partial charge in [0.2, 0.25) is 0 Å². The lowest BCUT2D eigenvalue weighted by atomic mass is 10.0. The molecule has 0 spiro atoms. The molecular formula is C38H79O3P. The molecule has 0 aliphatic rings. The second-order valence-electron chi connectivity index (χ2n) is 14.4. The van der Waals surface area contributed by atoms with E-state index in [0.717, 1.165) is 12.8 Å². The lowest BCUT2D eigenvalue weighted by molar-refractivity contribution is 0.326. The lowest BCUT2D eigenvalue weighted by Gasteiger charge is -2.25. The van der Waals surface area contributed by atoms with Crippen LogP contribution in [0.1, 0.15) is 239 Å². The third-order valence-corrected chi connectivity index (χ3v) is 11.5. The second-order valence-corrected chi connectivity index (χ2v) is 16.7. The molecule has 3 nitrogen and oxygen atoms in total. The first-order valence-electron chi connectivity index (χ1n) is 19.4. The average molecular weight is 615 g/mol. The Labute approximate surface area is 265 Å². The van der Waals surface area contributed by atoms with E-state index in [9.17, 15) is 14.4 Å². The quantitative estimate of drug-likeness (QED) is 0.0551. The minimum atomic E-state index is -3.97. The van der Waals surface area contributed by atoms with E-state index < -0.39 is 12.8 Å². The highest BCUT2D eigenvalue weighted by atomic mass is 31.2. The van der Waals surface area contributed by atoms with Crippen molar-refractivity contribution in [1.82, 2.24) is 0 Å². The number of unbranched alkanes of at least 4 members (excludes halogenated alkanes) is 32. The minimum absolute atomic E-state index is 0.622. The zero-order valence-corrected chi connectivity index (χ0v) is 30.2. The summed E-state index contributed by atoms with van der Waals surface area (Å²) in [5, 5.41) is -0.863. The summed E-state index contributed by atoms with van der Waals surface area (Å²) in [6.07, 6.45) is 47.0.